The fourth-order valence-corrected chi connectivity index (χ4v) is 3.14. The summed E-state index contributed by atoms with van der Waals surface area (Å²) in [4.78, 5) is 26.2. The normalized spacial score (nSPS) is 10.8. The summed E-state index contributed by atoms with van der Waals surface area (Å²) < 4.78 is 4.24. The number of benzene rings is 3. The van der Waals surface area contributed by atoms with Crippen molar-refractivity contribution < 1.29 is 0 Å². The average molecular weight is 357 g/mol. The van der Waals surface area contributed by atoms with Crippen LogP contribution < -0.4 is 11.4 Å². The Bertz CT molecular complexity index is 1140. The molecule has 0 aliphatic rings. The third-order valence-electron chi connectivity index (χ3n) is 4.46. The maximum atomic E-state index is 13.1. The van der Waals surface area contributed by atoms with E-state index >= 15 is 0 Å². The minimum absolute atomic E-state index is 0.243. The maximum Gasteiger partial charge on any atom is 0.352 e. The molecule has 0 atom stereocenters. The summed E-state index contributed by atoms with van der Waals surface area (Å²) in [6, 6.07) is 28.4. The minimum atomic E-state index is -0.342. The topological polar surface area (TPSA) is 48.9 Å². The Labute approximate surface area is 156 Å². The van der Waals surface area contributed by atoms with E-state index in [1.807, 2.05) is 91.0 Å². The maximum absolute atomic E-state index is 13.1. The third-order valence-corrected chi connectivity index (χ3v) is 4.46. The predicted molar refractivity (Wildman–Crippen MR) is 105 cm³/mol. The molecule has 27 heavy (non-hydrogen) atoms. The summed E-state index contributed by atoms with van der Waals surface area (Å²) in [5, 5.41) is 0. The zero-order valence-corrected chi connectivity index (χ0v) is 14.7. The summed E-state index contributed by atoms with van der Waals surface area (Å²) in [5.74, 6) is 0. The smallest absolute Gasteiger partial charge is 0.246 e. The van der Waals surface area contributed by atoms with Crippen LogP contribution in [0, 0.1) is 0 Å². The van der Waals surface area contributed by atoms with Gasteiger partial charge in [-0.2, -0.15) is 4.68 Å². The second-order valence-corrected chi connectivity index (χ2v) is 6.33. The lowest BCUT2D eigenvalue weighted by Gasteiger charge is -2.09. The lowest BCUT2D eigenvalue weighted by atomic mass is 10.2. The van der Waals surface area contributed by atoms with E-state index in [1.165, 1.54) is 13.9 Å². The molecule has 5 heteroatoms. The number of nitrogens with zero attached hydrogens (tertiary/aromatic N) is 3. The van der Waals surface area contributed by atoms with Gasteiger partial charge in [-0.05, 0) is 23.3 Å². The van der Waals surface area contributed by atoms with Gasteiger partial charge in [-0.1, -0.05) is 78.9 Å². The first kappa shape index (κ1) is 16.8. The molecule has 0 saturated carbocycles. The predicted octanol–water partition coefficient (Wildman–Crippen LogP) is 2.90. The van der Waals surface area contributed by atoms with Gasteiger partial charge >= 0.3 is 11.4 Å². The quantitative estimate of drug-likeness (QED) is 0.551. The zero-order valence-electron chi connectivity index (χ0n) is 14.7. The highest BCUT2D eigenvalue weighted by Crippen LogP contribution is 2.07. The Morgan fingerprint density at radius 1 is 0.556 bits per heavy atom. The van der Waals surface area contributed by atoms with Gasteiger partial charge in [-0.25, -0.2) is 18.8 Å². The molecule has 0 saturated heterocycles. The molecule has 1 heterocycles. The number of hydrogen-bond donors (Lipinski definition) is 0. The van der Waals surface area contributed by atoms with Gasteiger partial charge in [-0.15, -0.1) is 0 Å². The van der Waals surface area contributed by atoms with Crippen molar-refractivity contribution in [3.63, 3.8) is 0 Å². The van der Waals surface area contributed by atoms with Crippen molar-refractivity contribution in [2.24, 2.45) is 0 Å². The fraction of sp³-hybridized carbons (Fsp3) is 0.0909. The Hall–Kier alpha value is -3.60. The Morgan fingerprint density at radius 2 is 1.04 bits per heavy atom. The van der Waals surface area contributed by atoms with Crippen LogP contribution in [0.15, 0.2) is 101 Å². The van der Waals surface area contributed by atoms with E-state index in [4.69, 9.17) is 0 Å². The van der Waals surface area contributed by atoms with Gasteiger partial charge in [-0.3, -0.25) is 0 Å². The number of aromatic nitrogens is 3. The minimum Gasteiger partial charge on any atom is -0.246 e. The standard InChI is InChI=1S/C22H19N3O2/c26-21-23(16-18-10-4-1-5-11-18)22(27)25(20-14-8-3-9-15-20)24(21)17-19-12-6-2-7-13-19/h1-15H,16-17H2. The fourth-order valence-electron chi connectivity index (χ4n) is 3.14. The first-order valence-electron chi connectivity index (χ1n) is 8.80. The second-order valence-electron chi connectivity index (χ2n) is 6.33. The highest BCUT2D eigenvalue weighted by Gasteiger charge is 2.17. The van der Waals surface area contributed by atoms with Crippen LogP contribution in [0.2, 0.25) is 0 Å². The number of rotatable bonds is 5. The number of para-hydroxylation sites is 1. The molecule has 1 aromatic heterocycles. The van der Waals surface area contributed by atoms with Crippen molar-refractivity contribution in [2.45, 2.75) is 13.1 Å². The third kappa shape index (κ3) is 3.40. The van der Waals surface area contributed by atoms with Crippen molar-refractivity contribution >= 4 is 0 Å². The molecule has 0 aliphatic carbocycles. The molecule has 0 fully saturated rings. The lowest BCUT2D eigenvalue weighted by Crippen LogP contribution is -2.29. The van der Waals surface area contributed by atoms with E-state index in [0.717, 1.165) is 11.1 Å². The van der Waals surface area contributed by atoms with Crippen molar-refractivity contribution in [1.82, 2.24) is 13.9 Å². The van der Waals surface area contributed by atoms with Gasteiger partial charge in [0.25, 0.3) is 0 Å². The summed E-state index contributed by atoms with van der Waals surface area (Å²) in [6.45, 7) is 0.568. The van der Waals surface area contributed by atoms with Crippen LogP contribution in [-0.2, 0) is 13.1 Å². The Balaban J connectivity index is 1.87. The summed E-state index contributed by atoms with van der Waals surface area (Å²) in [5.41, 5.74) is 1.87. The molecule has 0 N–H and O–H groups in total. The van der Waals surface area contributed by atoms with Crippen LogP contribution in [-0.4, -0.2) is 13.9 Å². The van der Waals surface area contributed by atoms with E-state index in [-0.39, 0.29) is 17.9 Å². The second kappa shape index (κ2) is 7.33. The lowest BCUT2D eigenvalue weighted by molar-refractivity contribution is 0.574. The van der Waals surface area contributed by atoms with Gasteiger partial charge < -0.3 is 0 Å². The van der Waals surface area contributed by atoms with E-state index < -0.39 is 0 Å². The van der Waals surface area contributed by atoms with Crippen LogP contribution in [0.3, 0.4) is 0 Å². The monoisotopic (exact) mass is 357 g/mol. The first-order chi connectivity index (χ1) is 13.2. The molecule has 0 amide bonds. The zero-order chi connectivity index (χ0) is 18.6. The van der Waals surface area contributed by atoms with Gasteiger partial charge in [0.1, 0.15) is 0 Å². The molecule has 5 nitrogen and oxygen atoms in total. The van der Waals surface area contributed by atoms with Crippen LogP contribution in [0.5, 0.6) is 0 Å². The molecule has 3 aromatic carbocycles. The van der Waals surface area contributed by atoms with Crippen molar-refractivity contribution in [2.75, 3.05) is 0 Å². The van der Waals surface area contributed by atoms with E-state index in [0.29, 0.717) is 12.2 Å². The summed E-state index contributed by atoms with van der Waals surface area (Å²) >= 11 is 0. The van der Waals surface area contributed by atoms with Crippen LogP contribution in [0.1, 0.15) is 11.1 Å². The molecule has 0 bridgehead atoms. The Morgan fingerprint density at radius 3 is 1.59 bits per heavy atom. The van der Waals surface area contributed by atoms with Crippen molar-refractivity contribution in [3.05, 3.63) is 123 Å². The highest BCUT2D eigenvalue weighted by atomic mass is 16.2. The molecule has 0 unspecified atom stereocenters. The average Bonchev–Trinajstić information content (AvgIpc) is 2.94. The summed E-state index contributed by atoms with van der Waals surface area (Å²) in [6.07, 6.45) is 0. The van der Waals surface area contributed by atoms with Crippen LogP contribution in [0.25, 0.3) is 5.69 Å². The molecule has 0 spiro atoms. The van der Waals surface area contributed by atoms with Gasteiger partial charge in [0.05, 0.1) is 18.8 Å². The van der Waals surface area contributed by atoms with Crippen molar-refractivity contribution in [3.8, 4) is 5.69 Å². The van der Waals surface area contributed by atoms with Gasteiger partial charge in [0.15, 0.2) is 0 Å². The van der Waals surface area contributed by atoms with Crippen molar-refractivity contribution in [1.29, 1.82) is 0 Å². The first-order valence-corrected chi connectivity index (χ1v) is 8.80. The van der Waals surface area contributed by atoms with Gasteiger partial charge in [0.2, 0.25) is 0 Å². The molecular formula is C22H19N3O2. The summed E-state index contributed by atoms with van der Waals surface area (Å²) in [7, 11) is 0. The highest BCUT2D eigenvalue weighted by molar-refractivity contribution is 5.30. The Kier molecular flexibility index (Phi) is 4.58. The molecule has 0 radical (unpaired) electrons. The molecule has 134 valence electrons. The molecule has 4 aromatic rings. The van der Waals surface area contributed by atoms with Crippen LogP contribution in [0.4, 0.5) is 0 Å². The van der Waals surface area contributed by atoms with Crippen LogP contribution >= 0.6 is 0 Å². The van der Waals surface area contributed by atoms with E-state index in [2.05, 4.69) is 0 Å². The van der Waals surface area contributed by atoms with Gasteiger partial charge in [0, 0.05) is 0 Å². The molecule has 4 rings (SSSR count). The molecule has 0 aliphatic heterocycles. The van der Waals surface area contributed by atoms with E-state index in [1.54, 1.807) is 0 Å². The van der Waals surface area contributed by atoms with E-state index in [9.17, 15) is 9.59 Å². The molecular weight excluding hydrogens is 338 g/mol. The largest absolute Gasteiger partial charge is 0.352 e. The SMILES string of the molecule is O=c1n(Cc2ccccc2)c(=O)n(-c2ccccc2)n1Cc1ccccc1. The number of hydrogen-bond acceptors (Lipinski definition) is 2.